The van der Waals surface area contributed by atoms with Gasteiger partial charge in [-0.1, -0.05) is 50.6 Å². The predicted molar refractivity (Wildman–Crippen MR) is 141 cm³/mol. The number of benzene rings is 3. The maximum Gasteiger partial charge on any atom is 0.335 e. The van der Waals surface area contributed by atoms with Crippen LogP contribution in [0.25, 0.3) is 22.3 Å². The highest BCUT2D eigenvalue weighted by Gasteiger charge is 2.15. The molecule has 0 radical (unpaired) electrons. The molecule has 0 atom stereocenters. The Balaban J connectivity index is 2.01. The number of carbonyl (C=O) groups is 4. The quantitative estimate of drug-likeness (QED) is 0.203. The normalized spacial score (nSPS) is 9.89. The van der Waals surface area contributed by atoms with Crippen LogP contribution in [0.1, 0.15) is 0 Å². The monoisotopic (exact) mass is 510 g/mol. The van der Waals surface area contributed by atoms with Gasteiger partial charge in [-0.3, -0.25) is 0 Å². The lowest BCUT2D eigenvalue weighted by atomic mass is 9.99. The summed E-state index contributed by atoms with van der Waals surface area (Å²) in [5.41, 5.74) is 2.41. The molecule has 0 saturated heterocycles. The van der Waals surface area contributed by atoms with Crippen molar-refractivity contribution in [2.75, 3.05) is 0 Å². The van der Waals surface area contributed by atoms with Gasteiger partial charge in [0, 0.05) is 47.6 Å². The minimum Gasteiger partial charge on any atom is -0.423 e. The summed E-state index contributed by atoms with van der Waals surface area (Å²) >= 11 is 0. The summed E-state index contributed by atoms with van der Waals surface area (Å²) in [5, 5.41) is 0. The van der Waals surface area contributed by atoms with E-state index in [1.807, 2.05) is 0 Å². The van der Waals surface area contributed by atoms with Crippen LogP contribution in [0.2, 0.25) is 0 Å². The van der Waals surface area contributed by atoms with E-state index in [0.717, 1.165) is 24.3 Å². The molecule has 0 heterocycles. The van der Waals surface area contributed by atoms with E-state index < -0.39 is 23.9 Å². The summed E-state index contributed by atoms with van der Waals surface area (Å²) in [7, 11) is 0. The fraction of sp³-hybridized carbons (Fsp3) is 0. The third-order valence-electron chi connectivity index (χ3n) is 4.94. The Kier molecular flexibility index (Phi) is 8.88. The number of hydrogen-bond acceptors (Lipinski definition) is 8. The van der Waals surface area contributed by atoms with Crippen LogP contribution in [0.5, 0.6) is 23.0 Å². The van der Waals surface area contributed by atoms with Crippen LogP contribution in [0.15, 0.2) is 111 Å². The second-order valence-electron chi connectivity index (χ2n) is 7.39. The molecule has 3 aromatic rings. The molecular formula is C30H22O8. The number of hydrogen-bond donors (Lipinski definition) is 0. The first kappa shape index (κ1) is 27.1. The van der Waals surface area contributed by atoms with Gasteiger partial charge >= 0.3 is 23.9 Å². The van der Waals surface area contributed by atoms with E-state index in [9.17, 15) is 19.2 Å². The summed E-state index contributed by atoms with van der Waals surface area (Å²) in [6.45, 7) is 13.5. The summed E-state index contributed by atoms with van der Waals surface area (Å²) in [6.07, 6.45) is 4.05. The van der Waals surface area contributed by atoms with Gasteiger partial charge in [0.15, 0.2) is 0 Å². The van der Waals surface area contributed by atoms with Gasteiger partial charge in [0.2, 0.25) is 0 Å². The first-order valence-electron chi connectivity index (χ1n) is 11.0. The van der Waals surface area contributed by atoms with Gasteiger partial charge in [-0.2, -0.15) is 0 Å². The minimum atomic E-state index is -0.694. The third kappa shape index (κ3) is 6.79. The summed E-state index contributed by atoms with van der Waals surface area (Å²) in [6, 6.07) is 16.2. The molecule has 0 N–H and O–H groups in total. The summed E-state index contributed by atoms with van der Waals surface area (Å²) in [4.78, 5) is 47.0. The molecule has 3 aromatic carbocycles. The lowest BCUT2D eigenvalue weighted by molar-refractivity contribution is -0.130. The second-order valence-corrected chi connectivity index (χ2v) is 7.39. The largest absolute Gasteiger partial charge is 0.423 e. The first-order chi connectivity index (χ1) is 18.3. The van der Waals surface area contributed by atoms with E-state index >= 15 is 0 Å². The zero-order chi connectivity index (χ0) is 27.7. The Morgan fingerprint density at radius 2 is 0.789 bits per heavy atom. The molecule has 0 aliphatic carbocycles. The van der Waals surface area contributed by atoms with Gasteiger partial charge in [0.25, 0.3) is 0 Å². The highest BCUT2D eigenvalue weighted by molar-refractivity contribution is 5.88. The van der Waals surface area contributed by atoms with Crippen LogP contribution >= 0.6 is 0 Å². The smallest absolute Gasteiger partial charge is 0.335 e. The zero-order valence-electron chi connectivity index (χ0n) is 20.2. The van der Waals surface area contributed by atoms with Crippen LogP contribution in [-0.4, -0.2) is 23.9 Å². The van der Waals surface area contributed by atoms with Crippen molar-refractivity contribution in [3.63, 3.8) is 0 Å². The molecule has 0 aliphatic heterocycles. The van der Waals surface area contributed by atoms with Crippen molar-refractivity contribution in [1.82, 2.24) is 0 Å². The summed E-state index contributed by atoms with van der Waals surface area (Å²) < 4.78 is 21.0. The average Bonchev–Trinajstić information content (AvgIpc) is 2.93. The lowest BCUT2D eigenvalue weighted by Crippen LogP contribution is -2.07. The molecular weight excluding hydrogens is 488 g/mol. The molecule has 0 saturated carbocycles. The highest BCUT2D eigenvalue weighted by Crippen LogP contribution is 2.38. The Labute approximate surface area is 218 Å². The number of ether oxygens (including phenoxy) is 4. The molecule has 0 aliphatic rings. The van der Waals surface area contributed by atoms with Crippen molar-refractivity contribution < 1.29 is 38.1 Å². The van der Waals surface area contributed by atoms with Crippen molar-refractivity contribution in [1.29, 1.82) is 0 Å². The standard InChI is InChI=1S/C30H22O8/c1-5-27(31)35-21-13-15-23(25(17-21)37-29(33)7-3)19-9-11-20(12-10-19)24-16-14-22(36-28(32)6-2)18-26(24)38-30(34)8-4/h5-18H,1-4H2. The van der Waals surface area contributed by atoms with Gasteiger partial charge < -0.3 is 18.9 Å². The molecule has 190 valence electrons. The molecule has 0 unspecified atom stereocenters. The van der Waals surface area contributed by atoms with Gasteiger partial charge in [-0.05, 0) is 35.4 Å². The van der Waals surface area contributed by atoms with Crippen molar-refractivity contribution in [2.45, 2.75) is 0 Å². The van der Waals surface area contributed by atoms with E-state index in [-0.39, 0.29) is 23.0 Å². The molecule has 38 heavy (non-hydrogen) atoms. The molecule has 0 spiro atoms. The van der Waals surface area contributed by atoms with Crippen LogP contribution in [-0.2, 0) is 19.2 Å². The van der Waals surface area contributed by atoms with E-state index in [0.29, 0.717) is 22.3 Å². The SMILES string of the molecule is C=CC(=O)Oc1ccc(-c2ccc(-c3ccc(OC(=O)C=C)cc3OC(=O)C=C)cc2)c(OC(=O)C=C)c1. The van der Waals surface area contributed by atoms with E-state index in [2.05, 4.69) is 26.3 Å². The number of esters is 4. The van der Waals surface area contributed by atoms with Gasteiger partial charge in [-0.15, -0.1) is 0 Å². The second kappa shape index (κ2) is 12.5. The summed E-state index contributed by atoms with van der Waals surface area (Å²) in [5.74, 6) is -2.11. The number of rotatable bonds is 10. The average molecular weight is 510 g/mol. The molecule has 0 amide bonds. The molecule has 0 aromatic heterocycles. The van der Waals surface area contributed by atoms with Crippen LogP contribution in [0.3, 0.4) is 0 Å². The van der Waals surface area contributed by atoms with Crippen LogP contribution < -0.4 is 18.9 Å². The molecule has 8 nitrogen and oxygen atoms in total. The van der Waals surface area contributed by atoms with Crippen LogP contribution in [0.4, 0.5) is 0 Å². The van der Waals surface area contributed by atoms with Gasteiger partial charge in [0.1, 0.15) is 23.0 Å². The maximum atomic E-state index is 11.9. The number of carbonyl (C=O) groups excluding carboxylic acids is 4. The van der Waals surface area contributed by atoms with E-state index in [1.54, 1.807) is 48.5 Å². The van der Waals surface area contributed by atoms with Crippen molar-refractivity contribution in [3.8, 4) is 45.3 Å². The van der Waals surface area contributed by atoms with E-state index in [4.69, 9.17) is 18.9 Å². The Bertz CT molecular complexity index is 1340. The van der Waals surface area contributed by atoms with Crippen molar-refractivity contribution in [3.05, 3.63) is 111 Å². The van der Waals surface area contributed by atoms with Crippen LogP contribution in [0, 0.1) is 0 Å². The van der Waals surface area contributed by atoms with Gasteiger partial charge in [-0.25, -0.2) is 19.2 Å². The van der Waals surface area contributed by atoms with Crippen molar-refractivity contribution >= 4 is 23.9 Å². The van der Waals surface area contributed by atoms with Crippen molar-refractivity contribution in [2.24, 2.45) is 0 Å². The van der Waals surface area contributed by atoms with E-state index in [1.165, 1.54) is 12.1 Å². The molecule has 8 heteroatoms. The predicted octanol–water partition coefficient (Wildman–Crippen LogP) is 5.39. The maximum absolute atomic E-state index is 11.9. The Hall–Kier alpha value is -5.50. The lowest BCUT2D eigenvalue weighted by Gasteiger charge is -2.14. The Morgan fingerprint density at radius 1 is 0.474 bits per heavy atom. The molecule has 0 bridgehead atoms. The Morgan fingerprint density at radius 3 is 1.11 bits per heavy atom. The topological polar surface area (TPSA) is 105 Å². The minimum absolute atomic E-state index is 0.144. The fourth-order valence-corrected chi connectivity index (χ4v) is 3.22. The highest BCUT2D eigenvalue weighted by atomic mass is 16.6. The molecule has 3 rings (SSSR count). The third-order valence-corrected chi connectivity index (χ3v) is 4.94. The zero-order valence-corrected chi connectivity index (χ0v) is 20.2. The first-order valence-corrected chi connectivity index (χ1v) is 11.0. The fourth-order valence-electron chi connectivity index (χ4n) is 3.22. The molecule has 0 fully saturated rings. The van der Waals surface area contributed by atoms with Gasteiger partial charge in [0.05, 0.1) is 0 Å².